The molecule has 1 aromatic heterocycles. The van der Waals surface area contributed by atoms with Gasteiger partial charge in [0.2, 0.25) is 0 Å². The van der Waals surface area contributed by atoms with Crippen LogP contribution in [0, 0.1) is 0 Å². The number of benzene rings is 1. The maximum atomic E-state index is 4.78. The standard InChI is InChI=1S/C16H21N3S.ClH/c1-17-14-7-9-19(10-8-14)11-15-12-20-16(18-15)13-5-3-2-4-6-13;/h2-6,12,14,17H,7-11H2,1H3;1H. The highest BCUT2D eigenvalue weighted by atomic mass is 35.5. The van der Waals surface area contributed by atoms with Crippen molar-refractivity contribution in [3.05, 3.63) is 41.4 Å². The highest BCUT2D eigenvalue weighted by molar-refractivity contribution is 7.13. The lowest BCUT2D eigenvalue weighted by atomic mass is 10.1. The quantitative estimate of drug-likeness (QED) is 0.934. The molecular weight excluding hydrogens is 302 g/mol. The zero-order valence-corrected chi connectivity index (χ0v) is 13.9. The third-order valence-electron chi connectivity index (χ3n) is 3.95. The zero-order valence-electron chi connectivity index (χ0n) is 12.3. The second-order valence-corrected chi connectivity index (χ2v) is 6.21. The van der Waals surface area contributed by atoms with Gasteiger partial charge in [0.1, 0.15) is 5.01 Å². The van der Waals surface area contributed by atoms with Crippen molar-refractivity contribution < 1.29 is 0 Å². The van der Waals surface area contributed by atoms with Crippen molar-refractivity contribution in [2.45, 2.75) is 25.4 Å². The van der Waals surface area contributed by atoms with E-state index in [1.54, 1.807) is 11.3 Å². The van der Waals surface area contributed by atoms with Crippen LogP contribution in [0.25, 0.3) is 10.6 Å². The van der Waals surface area contributed by atoms with E-state index < -0.39 is 0 Å². The maximum Gasteiger partial charge on any atom is 0.123 e. The molecule has 2 aromatic rings. The molecule has 1 fully saturated rings. The first kappa shape index (κ1) is 16.4. The van der Waals surface area contributed by atoms with Crippen LogP contribution in [0.3, 0.4) is 0 Å². The van der Waals surface area contributed by atoms with Gasteiger partial charge in [0.15, 0.2) is 0 Å². The van der Waals surface area contributed by atoms with Gasteiger partial charge in [0.25, 0.3) is 0 Å². The van der Waals surface area contributed by atoms with E-state index >= 15 is 0 Å². The van der Waals surface area contributed by atoms with Crippen LogP contribution in [-0.2, 0) is 6.54 Å². The minimum absolute atomic E-state index is 0. The lowest BCUT2D eigenvalue weighted by molar-refractivity contribution is 0.193. The number of halogens is 1. The molecule has 0 unspecified atom stereocenters. The molecule has 0 atom stereocenters. The molecule has 1 aromatic carbocycles. The zero-order chi connectivity index (χ0) is 13.8. The Bertz CT molecular complexity index is 535. The number of hydrogen-bond acceptors (Lipinski definition) is 4. The van der Waals surface area contributed by atoms with E-state index in [0.717, 1.165) is 11.6 Å². The SMILES string of the molecule is CNC1CCN(Cc2csc(-c3ccccc3)n2)CC1.Cl. The van der Waals surface area contributed by atoms with Crippen LogP contribution in [0.4, 0.5) is 0 Å². The van der Waals surface area contributed by atoms with Crippen LogP contribution in [0.2, 0.25) is 0 Å². The average Bonchev–Trinajstić information content (AvgIpc) is 2.97. The highest BCUT2D eigenvalue weighted by Gasteiger charge is 2.18. The van der Waals surface area contributed by atoms with Gasteiger partial charge in [-0.1, -0.05) is 30.3 Å². The van der Waals surface area contributed by atoms with Crippen LogP contribution in [0.15, 0.2) is 35.7 Å². The number of thiazole rings is 1. The van der Waals surface area contributed by atoms with Crippen molar-refractivity contribution in [3.63, 3.8) is 0 Å². The summed E-state index contributed by atoms with van der Waals surface area (Å²) in [6, 6.07) is 11.1. The van der Waals surface area contributed by atoms with Crippen LogP contribution >= 0.6 is 23.7 Å². The average molecular weight is 324 g/mol. The molecule has 0 spiro atoms. The molecule has 3 rings (SSSR count). The van der Waals surface area contributed by atoms with Crippen molar-refractivity contribution in [1.29, 1.82) is 0 Å². The number of piperidine rings is 1. The Morgan fingerprint density at radius 3 is 2.62 bits per heavy atom. The molecule has 5 heteroatoms. The first-order valence-electron chi connectivity index (χ1n) is 7.24. The summed E-state index contributed by atoms with van der Waals surface area (Å²) in [5, 5.41) is 6.70. The van der Waals surface area contributed by atoms with Crippen LogP contribution in [0.5, 0.6) is 0 Å². The molecule has 3 nitrogen and oxygen atoms in total. The summed E-state index contributed by atoms with van der Waals surface area (Å²) in [7, 11) is 2.06. The van der Waals surface area contributed by atoms with Gasteiger partial charge in [0, 0.05) is 36.6 Å². The molecule has 21 heavy (non-hydrogen) atoms. The van der Waals surface area contributed by atoms with E-state index in [4.69, 9.17) is 4.98 Å². The van der Waals surface area contributed by atoms with Crippen molar-refractivity contribution >= 4 is 23.7 Å². The van der Waals surface area contributed by atoms with E-state index in [0.29, 0.717) is 6.04 Å². The molecule has 0 radical (unpaired) electrons. The molecule has 114 valence electrons. The third-order valence-corrected chi connectivity index (χ3v) is 4.89. The normalized spacial score (nSPS) is 16.6. The summed E-state index contributed by atoms with van der Waals surface area (Å²) in [5.74, 6) is 0. The van der Waals surface area contributed by atoms with Gasteiger partial charge in [0.05, 0.1) is 5.69 Å². The molecule has 1 saturated heterocycles. The monoisotopic (exact) mass is 323 g/mol. The predicted octanol–water partition coefficient (Wildman–Crippen LogP) is 3.42. The molecule has 1 N–H and O–H groups in total. The molecule has 1 aliphatic rings. The molecule has 2 heterocycles. The third kappa shape index (κ3) is 4.27. The summed E-state index contributed by atoms with van der Waals surface area (Å²) in [6.07, 6.45) is 2.48. The van der Waals surface area contributed by atoms with Gasteiger partial charge >= 0.3 is 0 Å². The summed E-state index contributed by atoms with van der Waals surface area (Å²) >= 11 is 1.75. The molecule has 0 saturated carbocycles. The number of hydrogen-bond donors (Lipinski definition) is 1. The topological polar surface area (TPSA) is 28.2 Å². The summed E-state index contributed by atoms with van der Waals surface area (Å²) in [4.78, 5) is 7.29. The maximum absolute atomic E-state index is 4.78. The Hall–Kier alpha value is -0.940. The minimum Gasteiger partial charge on any atom is -0.317 e. The fourth-order valence-electron chi connectivity index (χ4n) is 2.70. The predicted molar refractivity (Wildman–Crippen MR) is 92.2 cm³/mol. The molecule has 0 amide bonds. The van der Waals surface area contributed by atoms with Gasteiger partial charge in [-0.25, -0.2) is 4.98 Å². The second kappa shape index (κ2) is 7.90. The summed E-state index contributed by atoms with van der Waals surface area (Å²) in [6.45, 7) is 3.33. The Balaban J connectivity index is 0.00000161. The Kier molecular flexibility index (Phi) is 6.18. The number of nitrogens with zero attached hydrogens (tertiary/aromatic N) is 2. The highest BCUT2D eigenvalue weighted by Crippen LogP contribution is 2.24. The summed E-state index contributed by atoms with van der Waals surface area (Å²) < 4.78 is 0. The molecule has 0 aliphatic carbocycles. The van der Waals surface area contributed by atoms with E-state index in [1.165, 1.54) is 37.2 Å². The van der Waals surface area contributed by atoms with E-state index in [2.05, 4.69) is 46.9 Å². The van der Waals surface area contributed by atoms with E-state index in [1.807, 2.05) is 6.07 Å². The van der Waals surface area contributed by atoms with Crippen molar-refractivity contribution in [2.75, 3.05) is 20.1 Å². The van der Waals surface area contributed by atoms with Crippen LogP contribution in [-0.4, -0.2) is 36.1 Å². The van der Waals surface area contributed by atoms with Gasteiger partial charge in [-0.15, -0.1) is 23.7 Å². The van der Waals surface area contributed by atoms with Gasteiger partial charge in [-0.2, -0.15) is 0 Å². The van der Waals surface area contributed by atoms with Crippen LogP contribution < -0.4 is 5.32 Å². The Labute approximate surface area is 136 Å². The van der Waals surface area contributed by atoms with Crippen molar-refractivity contribution in [2.24, 2.45) is 0 Å². The molecule has 0 bridgehead atoms. The second-order valence-electron chi connectivity index (χ2n) is 5.35. The number of nitrogens with one attached hydrogen (secondary N) is 1. The van der Waals surface area contributed by atoms with Crippen molar-refractivity contribution in [3.8, 4) is 10.6 Å². The lowest BCUT2D eigenvalue weighted by Gasteiger charge is -2.31. The minimum atomic E-state index is 0. The Morgan fingerprint density at radius 1 is 1.24 bits per heavy atom. The number of likely N-dealkylation sites (tertiary alicyclic amines) is 1. The Morgan fingerprint density at radius 2 is 1.95 bits per heavy atom. The fraction of sp³-hybridized carbons (Fsp3) is 0.438. The molecular formula is C16H22ClN3S. The van der Waals surface area contributed by atoms with Gasteiger partial charge in [-0.05, 0) is 19.9 Å². The number of rotatable bonds is 4. The molecule has 1 aliphatic heterocycles. The first-order chi connectivity index (χ1) is 9.85. The fourth-order valence-corrected chi connectivity index (χ4v) is 3.52. The van der Waals surface area contributed by atoms with Gasteiger partial charge < -0.3 is 5.32 Å². The first-order valence-corrected chi connectivity index (χ1v) is 8.12. The smallest absolute Gasteiger partial charge is 0.123 e. The van der Waals surface area contributed by atoms with Crippen LogP contribution in [0.1, 0.15) is 18.5 Å². The van der Waals surface area contributed by atoms with E-state index in [-0.39, 0.29) is 12.4 Å². The number of aromatic nitrogens is 1. The summed E-state index contributed by atoms with van der Waals surface area (Å²) in [5.41, 5.74) is 2.43. The largest absolute Gasteiger partial charge is 0.317 e. The van der Waals surface area contributed by atoms with Gasteiger partial charge in [-0.3, -0.25) is 4.90 Å². The lowest BCUT2D eigenvalue weighted by Crippen LogP contribution is -2.40. The van der Waals surface area contributed by atoms with E-state index in [9.17, 15) is 0 Å². The van der Waals surface area contributed by atoms with Crippen molar-refractivity contribution in [1.82, 2.24) is 15.2 Å².